The molecule has 0 amide bonds. The summed E-state index contributed by atoms with van der Waals surface area (Å²) < 4.78 is 14.1. The molecule has 0 saturated heterocycles. The molecule has 0 unspecified atom stereocenters. The minimum atomic E-state index is -0.246. The molecule has 1 aromatic carbocycles. The molecule has 0 aliphatic rings. The fourth-order valence-corrected chi connectivity index (χ4v) is 2.71. The largest absolute Gasteiger partial charge is 0.366 e. The van der Waals surface area contributed by atoms with Crippen LogP contribution in [0, 0.1) is 12.7 Å². The van der Waals surface area contributed by atoms with Crippen molar-refractivity contribution in [3.63, 3.8) is 0 Å². The minimum absolute atomic E-state index is 0.203. The first-order valence-electron chi connectivity index (χ1n) is 6.15. The van der Waals surface area contributed by atoms with Crippen LogP contribution >= 0.6 is 11.3 Å². The molecule has 102 valence electrons. The monoisotopic (exact) mass is 279 g/mol. The molecule has 3 nitrogen and oxygen atoms in total. The summed E-state index contributed by atoms with van der Waals surface area (Å²) >= 11 is 1.60. The van der Waals surface area contributed by atoms with Crippen molar-refractivity contribution in [1.29, 1.82) is 0 Å². The van der Waals surface area contributed by atoms with Crippen molar-refractivity contribution in [2.75, 3.05) is 11.9 Å². The third-order valence-electron chi connectivity index (χ3n) is 2.96. The third-order valence-corrected chi connectivity index (χ3v) is 3.78. The van der Waals surface area contributed by atoms with Gasteiger partial charge in [0.15, 0.2) is 0 Å². The molecule has 0 saturated carbocycles. The highest BCUT2D eigenvalue weighted by molar-refractivity contribution is 7.09. The van der Waals surface area contributed by atoms with Crippen molar-refractivity contribution in [1.82, 2.24) is 4.98 Å². The van der Waals surface area contributed by atoms with E-state index in [9.17, 15) is 4.39 Å². The van der Waals surface area contributed by atoms with E-state index in [2.05, 4.69) is 4.98 Å². The average Bonchev–Trinajstić information content (AvgIpc) is 2.74. The van der Waals surface area contributed by atoms with Gasteiger partial charge >= 0.3 is 0 Å². The average molecular weight is 279 g/mol. The normalized spacial score (nSPS) is 12.5. The van der Waals surface area contributed by atoms with Gasteiger partial charge in [0, 0.05) is 18.5 Å². The van der Waals surface area contributed by atoms with Crippen LogP contribution in [0.3, 0.4) is 0 Å². The molecule has 2 N–H and O–H groups in total. The molecule has 2 rings (SSSR count). The Bertz CT molecular complexity index is 566. The third kappa shape index (κ3) is 3.11. The summed E-state index contributed by atoms with van der Waals surface area (Å²) in [7, 11) is 1.86. The number of para-hydroxylation sites is 1. The Balaban J connectivity index is 2.30. The molecule has 2 aromatic rings. The number of thiazole rings is 1. The number of aromatic nitrogens is 1. The van der Waals surface area contributed by atoms with Crippen LogP contribution in [0.25, 0.3) is 0 Å². The summed E-state index contributed by atoms with van der Waals surface area (Å²) in [5, 5.41) is 3.02. The summed E-state index contributed by atoms with van der Waals surface area (Å²) in [5.74, 6) is -0.246. The number of anilines is 1. The highest BCUT2D eigenvalue weighted by atomic mass is 32.1. The van der Waals surface area contributed by atoms with E-state index in [0.717, 1.165) is 16.3 Å². The Hall–Kier alpha value is -1.46. The van der Waals surface area contributed by atoms with E-state index in [1.165, 1.54) is 6.07 Å². The topological polar surface area (TPSA) is 42.2 Å². The summed E-state index contributed by atoms with van der Waals surface area (Å²) in [6, 6.07) is 4.82. The standard InChI is InChI=1S/C14H18FN3S/c1-9(16)12-5-4-6-13(15)14(12)18(3)7-11-8-19-10(2)17-11/h4-6,8-9H,7,16H2,1-3H3/t9-/m0/s1. The second-order valence-electron chi connectivity index (χ2n) is 4.68. The summed E-state index contributed by atoms with van der Waals surface area (Å²) in [4.78, 5) is 6.27. The van der Waals surface area contributed by atoms with Gasteiger partial charge in [-0.05, 0) is 25.5 Å². The molecule has 0 aliphatic heterocycles. The Kier molecular flexibility index (Phi) is 4.17. The number of nitrogens with two attached hydrogens (primary N) is 1. The van der Waals surface area contributed by atoms with Crippen LogP contribution < -0.4 is 10.6 Å². The van der Waals surface area contributed by atoms with Crippen molar-refractivity contribution in [2.24, 2.45) is 5.73 Å². The maximum atomic E-state index is 14.1. The van der Waals surface area contributed by atoms with Crippen LogP contribution in [0.2, 0.25) is 0 Å². The smallest absolute Gasteiger partial charge is 0.146 e. The number of nitrogens with zero attached hydrogens (tertiary/aromatic N) is 2. The first-order valence-corrected chi connectivity index (χ1v) is 7.03. The molecular formula is C14H18FN3S. The van der Waals surface area contributed by atoms with Gasteiger partial charge in [0.1, 0.15) is 5.82 Å². The highest BCUT2D eigenvalue weighted by Gasteiger charge is 2.16. The number of benzene rings is 1. The molecule has 0 bridgehead atoms. The quantitative estimate of drug-likeness (QED) is 0.934. The summed E-state index contributed by atoms with van der Waals surface area (Å²) in [5.41, 5.74) is 8.23. The van der Waals surface area contributed by atoms with E-state index in [1.54, 1.807) is 17.4 Å². The summed E-state index contributed by atoms with van der Waals surface area (Å²) in [6.45, 7) is 4.40. The number of halogens is 1. The van der Waals surface area contributed by atoms with Crippen LogP contribution in [-0.4, -0.2) is 12.0 Å². The Labute approximate surface area is 116 Å². The molecule has 1 atom stereocenters. The van der Waals surface area contributed by atoms with E-state index in [1.807, 2.05) is 37.2 Å². The number of rotatable bonds is 4. The molecule has 1 heterocycles. The first-order chi connectivity index (χ1) is 8.99. The van der Waals surface area contributed by atoms with Gasteiger partial charge in [0.25, 0.3) is 0 Å². The molecule has 0 radical (unpaired) electrons. The number of hydrogen-bond donors (Lipinski definition) is 1. The molecule has 1 aromatic heterocycles. The second kappa shape index (κ2) is 5.67. The van der Waals surface area contributed by atoms with Gasteiger partial charge in [-0.25, -0.2) is 9.37 Å². The van der Waals surface area contributed by atoms with E-state index in [4.69, 9.17) is 5.73 Å². The van der Waals surface area contributed by atoms with E-state index >= 15 is 0 Å². The molecule has 5 heteroatoms. The van der Waals surface area contributed by atoms with Gasteiger partial charge in [-0.2, -0.15) is 0 Å². The van der Waals surface area contributed by atoms with Crippen molar-refractivity contribution in [3.8, 4) is 0 Å². The van der Waals surface area contributed by atoms with Gasteiger partial charge in [0.05, 0.1) is 22.9 Å². The molecule has 0 aliphatic carbocycles. The highest BCUT2D eigenvalue weighted by Crippen LogP contribution is 2.28. The SMILES string of the molecule is Cc1nc(CN(C)c2c(F)cccc2[C@H](C)N)cs1. The maximum absolute atomic E-state index is 14.1. The predicted octanol–water partition coefficient (Wildman–Crippen LogP) is 3.25. The van der Waals surface area contributed by atoms with Gasteiger partial charge in [-0.1, -0.05) is 12.1 Å². The van der Waals surface area contributed by atoms with E-state index in [-0.39, 0.29) is 11.9 Å². The lowest BCUT2D eigenvalue weighted by molar-refractivity contribution is 0.615. The fourth-order valence-electron chi connectivity index (χ4n) is 2.11. The molecule has 19 heavy (non-hydrogen) atoms. The Morgan fingerprint density at radius 1 is 1.47 bits per heavy atom. The van der Waals surface area contributed by atoms with Gasteiger partial charge in [-0.3, -0.25) is 0 Å². The fraction of sp³-hybridized carbons (Fsp3) is 0.357. The minimum Gasteiger partial charge on any atom is -0.366 e. The van der Waals surface area contributed by atoms with E-state index < -0.39 is 0 Å². The van der Waals surface area contributed by atoms with Crippen LogP contribution in [0.1, 0.15) is 29.2 Å². The number of hydrogen-bond acceptors (Lipinski definition) is 4. The molecule has 0 fully saturated rings. The zero-order chi connectivity index (χ0) is 14.0. The Morgan fingerprint density at radius 3 is 2.79 bits per heavy atom. The van der Waals surface area contributed by atoms with Gasteiger partial charge in [0.2, 0.25) is 0 Å². The van der Waals surface area contributed by atoms with Crippen molar-refractivity contribution >= 4 is 17.0 Å². The zero-order valence-electron chi connectivity index (χ0n) is 11.4. The predicted molar refractivity (Wildman–Crippen MR) is 78.0 cm³/mol. The number of aryl methyl sites for hydroxylation is 1. The lowest BCUT2D eigenvalue weighted by Gasteiger charge is -2.23. The lowest BCUT2D eigenvalue weighted by Crippen LogP contribution is -2.21. The molecule has 0 spiro atoms. The van der Waals surface area contributed by atoms with Crippen LogP contribution in [0.15, 0.2) is 23.6 Å². The van der Waals surface area contributed by atoms with Crippen molar-refractivity contribution in [3.05, 3.63) is 45.7 Å². The Morgan fingerprint density at radius 2 is 2.21 bits per heavy atom. The lowest BCUT2D eigenvalue weighted by atomic mass is 10.1. The second-order valence-corrected chi connectivity index (χ2v) is 5.74. The summed E-state index contributed by atoms with van der Waals surface area (Å²) in [6.07, 6.45) is 0. The van der Waals surface area contributed by atoms with Gasteiger partial charge in [-0.15, -0.1) is 11.3 Å². The first kappa shape index (κ1) is 14.0. The van der Waals surface area contributed by atoms with Crippen LogP contribution in [0.5, 0.6) is 0 Å². The van der Waals surface area contributed by atoms with Crippen molar-refractivity contribution < 1.29 is 4.39 Å². The van der Waals surface area contributed by atoms with E-state index in [0.29, 0.717) is 12.2 Å². The van der Waals surface area contributed by atoms with Crippen LogP contribution in [0.4, 0.5) is 10.1 Å². The van der Waals surface area contributed by atoms with Crippen molar-refractivity contribution in [2.45, 2.75) is 26.4 Å². The maximum Gasteiger partial charge on any atom is 0.146 e. The molecular weight excluding hydrogens is 261 g/mol. The van der Waals surface area contributed by atoms with Gasteiger partial charge < -0.3 is 10.6 Å². The van der Waals surface area contributed by atoms with Crippen LogP contribution in [-0.2, 0) is 6.54 Å². The zero-order valence-corrected chi connectivity index (χ0v) is 12.2.